The minimum Gasteiger partial charge on any atom is -0.492 e. The van der Waals surface area contributed by atoms with Crippen LogP contribution in [0.1, 0.15) is 6.92 Å². The second-order valence-electron chi connectivity index (χ2n) is 2.89. The Kier molecular flexibility index (Phi) is 3.85. The predicted molar refractivity (Wildman–Crippen MR) is 55.6 cm³/mol. The molecular formula is C9H11Cl2NO. The molecule has 0 radical (unpaired) electrons. The highest BCUT2D eigenvalue weighted by Gasteiger charge is 2.00. The van der Waals surface area contributed by atoms with Crippen molar-refractivity contribution in [1.29, 1.82) is 0 Å². The summed E-state index contributed by atoms with van der Waals surface area (Å²) in [5.41, 5.74) is 5.53. The standard InChI is InChI=1S/C9H11Cl2NO/c1-6(12)5-13-9-3-7(10)2-8(11)4-9/h2-4,6H,5,12H2,1H3. The first-order chi connectivity index (χ1) is 6.08. The van der Waals surface area contributed by atoms with Gasteiger partial charge in [0.05, 0.1) is 0 Å². The summed E-state index contributed by atoms with van der Waals surface area (Å²) in [6, 6.07) is 5.06. The van der Waals surface area contributed by atoms with E-state index in [0.29, 0.717) is 22.4 Å². The number of halogens is 2. The quantitative estimate of drug-likeness (QED) is 0.849. The maximum absolute atomic E-state index is 5.77. The summed E-state index contributed by atoms with van der Waals surface area (Å²) >= 11 is 11.5. The molecule has 0 aliphatic rings. The summed E-state index contributed by atoms with van der Waals surface area (Å²) < 4.78 is 5.34. The summed E-state index contributed by atoms with van der Waals surface area (Å²) in [6.45, 7) is 2.32. The molecule has 0 fully saturated rings. The zero-order valence-electron chi connectivity index (χ0n) is 7.26. The molecule has 0 saturated heterocycles. The molecule has 2 N–H and O–H groups in total. The molecule has 0 spiro atoms. The number of nitrogens with two attached hydrogens (primary N) is 1. The predicted octanol–water partition coefficient (Wildman–Crippen LogP) is 2.72. The van der Waals surface area contributed by atoms with Crippen molar-refractivity contribution in [3.8, 4) is 5.75 Å². The molecule has 72 valence electrons. The Morgan fingerprint density at radius 3 is 2.31 bits per heavy atom. The minimum absolute atomic E-state index is 0.00208. The van der Waals surface area contributed by atoms with Crippen molar-refractivity contribution in [3.63, 3.8) is 0 Å². The van der Waals surface area contributed by atoms with E-state index in [2.05, 4.69) is 0 Å². The van der Waals surface area contributed by atoms with Gasteiger partial charge >= 0.3 is 0 Å². The van der Waals surface area contributed by atoms with E-state index in [1.165, 1.54) is 0 Å². The van der Waals surface area contributed by atoms with Gasteiger partial charge < -0.3 is 10.5 Å². The van der Waals surface area contributed by atoms with Crippen LogP contribution in [0.3, 0.4) is 0 Å². The fourth-order valence-electron chi connectivity index (χ4n) is 0.840. The third-order valence-corrected chi connectivity index (χ3v) is 1.79. The topological polar surface area (TPSA) is 35.2 Å². The van der Waals surface area contributed by atoms with E-state index in [1.54, 1.807) is 18.2 Å². The van der Waals surface area contributed by atoms with Gasteiger partial charge in [-0.15, -0.1) is 0 Å². The Hall–Kier alpha value is -0.440. The first-order valence-electron chi connectivity index (χ1n) is 3.92. The second-order valence-corrected chi connectivity index (χ2v) is 3.77. The number of rotatable bonds is 3. The van der Waals surface area contributed by atoms with Gasteiger partial charge in [-0.25, -0.2) is 0 Å². The maximum Gasteiger partial charge on any atom is 0.122 e. The number of ether oxygens (including phenoxy) is 1. The van der Waals surface area contributed by atoms with E-state index in [0.717, 1.165) is 0 Å². The third-order valence-electron chi connectivity index (χ3n) is 1.35. The minimum atomic E-state index is -0.00208. The molecule has 2 nitrogen and oxygen atoms in total. The number of hydrogen-bond acceptors (Lipinski definition) is 2. The Morgan fingerprint density at radius 1 is 1.31 bits per heavy atom. The Balaban J connectivity index is 2.66. The summed E-state index contributed by atoms with van der Waals surface area (Å²) in [6.07, 6.45) is 0. The van der Waals surface area contributed by atoms with Crippen LogP contribution in [-0.4, -0.2) is 12.6 Å². The highest BCUT2D eigenvalue weighted by atomic mass is 35.5. The van der Waals surface area contributed by atoms with Crippen LogP contribution in [0, 0.1) is 0 Å². The fourth-order valence-corrected chi connectivity index (χ4v) is 1.35. The van der Waals surface area contributed by atoms with Crippen LogP contribution in [-0.2, 0) is 0 Å². The smallest absolute Gasteiger partial charge is 0.122 e. The van der Waals surface area contributed by atoms with Gasteiger partial charge in [0.25, 0.3) is 0 Å². The molecule has 1 aromatic rings. The molecule has 1 aromatic carbocycles. The van der Waals surface area contributed by atoms with Crippen molar-refractivity contribution >= 4 is 23.2 Å². The van der Waals surface area contributed by atoms with E-state index >= 15 is 0 Å². The van der Waals surface area contributed by atoms with Gasteiger partial charge in [0, 0.05) is 16.1 Å². The molecule has 0 bridgehead atoms. The van der Waals surface area contributed by atoms with Crippen molar-refractivity contribution in [1.82, 2.24) is 0 Å². The molecule has 1 unspecified atom stereocenters. The Bertz CT molecular complexity index is 269. The highest BCUT2D eigenvalue weighted by Crippen LogP contribution is 2.24. The van der Waals surface area contributed by atoms with Crippen LogP contribution in [0.5, 0.6) is 5.75 Å². The monoisotopic (exact) mass is 219 g/mol. The van der Waals surface area contributed by atoms with E-state index in [4.69, 9.17) is 33.7 Å². The average molecular weight is 220 g/mol. The lowest BCUT2D eigenvalue weighted by molar-refractivity contribution is 0.296. The van der Waals surface area contributed by atoms with Crippen LogP contribution >= 0.6 is 23.2 Å². The molecule has 4 heteroatoms. The Morgan fingerprint density at radius 2 is 1.85 bits per heavy atom. The largest absolute Gasteiger partial charge is 0.492 e. The summed E-state index contributed by atoms with van der Waals surface area (Å²) in [4.78, 5) is 0. The second kappa shape index (κ2) is 4.70. The van der Waals surface area contributed by atoms with Crippen LogP contribution in [0.2, 0.25) is 10.0 Å². The van der Waals surface area contributed by atoms with Crippen LogP contribution in [0.15, 0.2) is 18.2 Å². The number of benzene rings is 1. The molecule has 1 atom stereocenters. The van der Waals surface area contributed by atoms with Gasteiger partial charge in [0.1, 0.15) is 12.4 Å². The van der Waals surface area contributed by atoms with Crippen molar-refractivity contribution in [2.75, 3.05) is 6.61 Å². The summed E-state index contributed by atoms with van der Waals surface area (Å²) in [5.74, 6) is 0.648. The Labute approximate surface area is 87.6 Å². The first kappa shape index (κ1) is 10.6. The van der Waals surface area contributed by atoms with Crippen LogP contribution in [0.4, 0.5) is 0 Å². The molecule has 0 amide bonds. The van der Waals surface area contributed by atoms with E-state index < -0.39 is 0 Å². The highest BCUT2D eigenvalue weighted by molar-refractivity contribution is 6.34. The van der Waals surface area contributed by atoms with Gasteiger partial charge in [0.15, 0.2) is 0 Å². The van der Waals surface area contributed by atoms with E-state index in [9.17, 15) is 0 Å². The lowest BCUT2D eigenvalue weighted by atomic mass is 10.3. The summed E-state index contributed by atoms with van der Waals surface area (Å²) in [5, 5.41) is 1.12. The zero-order valence-corrected chi connectivity index (χ0v) is 8.77. The van der Waals surface area contributed by atoms with Gasteiger partial charge in [0.2, 0.25) is 0 Å². The normalized spacial score (nSPS) is 12.6. The van der Waals surface area contributed by atoms with Crippen LogP contribution in [0.25, 0.3) is 0 Å². The molecule has 13 heavy (non-hydrogen) atoms. The number of hydrogen-bond donors (Lipinski definition) is 1. The average Bonchev–Trinajstić information content (AvgIpc) is 1.99. The molecular weight excluding hydrogens is 209 g/mol. The fraction of sp³-hybridized carbons (Fsp3) is 0.333. The third kappa shape index (κ3) is 3.85. The van der Waals surface area contributed by atoms with E-state index in [-0.39, 0.29) is 6.04 Å². The summed E-state index contributed by atoms with van der Waals surface area (Å²) in [7, 11) is 0. The van der Waals surface area contributed by atoms with Crippen molar-refractivity contribution in [2.24, 2.45) is 5.73 Å². The van der Waals surface area contributed by atoms with Gasteiger partial charge in [-0.1, -0.05) is 23.2 Å². The lowest BCUT2D eigenvalue weighted by Gasteiger charge is -2.08. The van der Waals surface area contributed by atoms with E-state index in [1.807, 2.05) is 6.92 Å². The molecule has 0 saturated carbocycles. The lowest BCUT2D eigenvalue weighted by Crippen LogP contribution is -2.23. The molecule has 0 aromatic heterocycles. The van der Waals surface area contributed by atoms with Crippen LogP contribution < -0.4 is 10.5 Å². The van der Waals surface area contributed by atoms with Crippen molar-refractivity contribution in [2.45, 2.75) is 13.0 Å². The van der Waals surface area contributed by atoms with Crippen molar-refractivity contribution < 1.29 is 4.74 Å². The SMILES string of the molecule is CC(N)COc1cc(Cl)cc(Cl)c1. The van der Waals surface area contributed by atoms with Gasteiger partial charge in [-0.3, -0.25) is 0 Å². The molecule has 1 rings (SSSR count). The van der Waals surface area contributed by atoms with Crippen molar-refractivity contribution in [3.05, 3.63) is 28.2 Å². The zero-order chi connectivity index (χ0) is 9.84. The van der Waals surface area contributed by atoms with Gasteiger partial charge in [-0.2, -0.15) is 0 Å². The molecule has 0 heterocycles. The maximum atomic E-state index is 5.77. The first-order valence-corrected chi connectivity index (χ1v) is 4.68. The molecule has 0 aliphatic carbocycles. The molecule has 0 aliphatic heterocycles. The van der Waals surface area contributed by atoms with Gasteiger partial charge in [-0.05, 0) is 25.1 Å².